The van der Waals surface area contributed by atoms with E-state index in [4.69, 9.17) is 16.6 Å². The van der Waals surface area contributed by atoms with Gasteiger partial charge in [-0.1, -0.05) is 41.9 Å². The Bertz CT molecular complexity index is 1340. The molecule has 0 radical (unpaired) electrons. The Morgan fingerprint density at radius 3 is 2.68 bits per heavy atom. The largest absolute Gasteiger partial charge is 0.342 e. The fourth-order valence-electron chi connectivity index (χ4n) is 4.58. The van der Waals surface area contributed by atoms with Gasteiger partial charge in [-0.15, -0.1) is 0 Å². The molecule has 4 aromatic rings. The van der Waals surface area contributed by atoms with Gasteiger partial charge in [0.25, 0.3) is 0 Å². The van der Waals surface area contributed by atoms with Crippen molar-refractivity contribution >= 4 is 40.2 Å². The van der Waals surface area contributed by atoms with Crippen LogP contribution in [0.1, 0.15) is 24.0 Å². The highest BCUT2D eigenvalue weighted by atomic mass is 35.5. The zero-order valence-corrected chi connectivity index (χ0v) is 19.7. The number of aromatic nitrogens is 2. The molecule has 0 aliphatic carbocycles. The van der Waals surface area contributed by atoms with Gasteiger partial charge in [-0.2, -0.15) is 0 Å². The molecule has 1 aromatic heterocycles. The Labute approximate surface area is 203 Å². The average molecular weight is 477 g/mol. The summed E-state index contributed by atoms with van der Waals surface area (Å²) in [6.45, 7) is 3.93. The highest BCUT2D eigenvalue weighted by molar-refractivity contribution is 6.31. The van der Waals surface area contributed by atoms with Crippen molar-refractivity contribution in [2.75, 3.05) is 23.3 Å². The minimum absolute atomic E-state index is 0.0262. The molecule has 1 aliphatic rings. The second-order valence-corrected chi connectivity index (χ2v) is 9.26. The number of anilines is 2. The Kier molecular flexibility index (Phi) is 6.24. The van der Waals surface area contributed by atoms with Crippen LogP contribution < -0.4 is 10.2 Å². The molecule has 0 bridgehead atoms. The summed E-state index contributed by atoms with van der Waals surface area (Å²) >= 11 is 6.10. The average Bonchev–Trinajstić information content (AvgIpc) is 3.20. The summed E-state index contributed by atoms with van der Waals surface area (Å²) in [6, 6.07) is 20.2. The number of amides is 1. The van der Waals surface area contributed by atoms with E-state index in [0.29, 0.717) is 11.6 Å². The van der Waals surface area contributed by atoms with Gasteiger partial charge in [0.2, 0.25) is 11.9 Å². The van der Waals surface area contributed by atoms with Crippen molar-refractivity contribution in [3.05, 3.63) is 88.7 Å². The van der Waals surface area contributed by atoms with Crippen molar-refractivity contribution in [1.29, 1.82) is 0 Å². The summed E-state index contributed by atoms with van der Waals surface area (Å²) in [4.78, 5) is 20.0. The summed E-state index contributed by atoms with van der Waals surface area (Å²) in [5.41, 5.74) is 4.55. The van der Waals surface area contributed by atoms with Crippen LogP contribution in [0.2, 0.25) is 5.02 Å². The van der Waals surface area contributed by atoms with E-state index in [0.717, 1.165) is 59.7 Å². The lowest BCUT2D eigenvalue weighted by atomic mass is 9.96. The summed E-state index contributed by atoms with van der Waals surface area (Å²) < 4.78 is 15.9. The van der Waals surface area contributed by atoms with Crippen molar-refractivity contribution in [1.82, 2.24) is 9.55 Å². The van der Waals surface area contributed by atoms with Gasteiger partial charge in [0.15, 0.2) is 0 Å². The molecule has 1 N–H and O–H groups in total. The van der Waals surface area contributed by atoms with E-state index >= 15 is 0 Å². The number of fused-ring (bicyclic) bond motifs is 1. The van der Waals surface area contributed by atoms with Crippen molar-refractivity contribution in [2.24, 2.45) is 5.92 Å². The molecule has 174 valence electrons. The van der Waals surface area contributed by atoms with Crippen LogP contribution in [0.15, 0.2) is 66.7 Å². The van der Waals surface area contributed by atoms with Crippen molar-refractivity contribution in [3.63, 3.8) is 0 Å². The fraction of sp³-hybridized carbons (Fsp3) is 0.259. The summed E-state index contributed by atoms with van der Waals surface area (Å²) in [5, 5.41) is 3.65. The van der Waals surface area contributed by atoms with Crippen molar-refractivity contribution < 1.29 is 9.18 Å². The lowest BCUT2D eigenvalue weighted by molar-refractivity contribution is -0.120. The lowest BCUT2D eigenvalue weighted by Gasteiger charge is -2.32. The molecule has 2 heterocycles. The van der Waals surface area contributed by atoms with E-state index < -0.39 is 0 Å². The summed E-state index contributed by atoms with van der Waals surface area (Å²) in [7, 11) is 0. The first-order valence-electron chi connectivity index (χ1n) is 11.5. The molecule has 34 heavy (non-hydrogen) atoms. The maximum atomic E-state index is 13.8. The van der Waals surface area contributed by atoms with Gasteiger partial charge in [-0.25, -0.2) is 9.37 Å². The van der Waals surface area contributed by atoms with Crippen LogP contribution in [0.5, 0.6) is 0 Å². The minimum atomic E-state index is -0.245. The van der Waals surface area contributed by atoms with Gasteiger partial charge in [0.1, 0.15) is 5.82 Å². The lowest BCUT2D eigenvalue weighted by Crippen LogP contribution is -2.39. The van der Waals surface area contributed by atoms with E-state index in [1.165, 1.54) is 6.07 Å². The number of aryl methyl sites for hydroxylation is 1. The second kappa shape index (κ2) is 9.47. The zero-order valence-electron chi connectivity index (χ0n) is 19.0. The molecule has 1 aliphatic heterocycles. The molecule has 7 heteroatoms. The molecule has 1 fully saturated rings. The van der Waals surface area contributed by atoms with E-state index in [9.17, 15) is 9.18 Å². The second-order valence-electron chi connectivity index (χ2n) is 8.83. The third-order valence-corrected chi connectivity index (χ3v) is 6.71. The number of benzene rings is 3. The Morgan fingerprint density at radius 1 is 1.09 bits per heavy atom. The molecule has 0 atom stereocenters. The molecule has 0 saturated carbocycles. The number of nitrogens with zero attached hydrogens (tertiary/aromatic N) is 3. The number of rotatable bonds is 5. The van der Waals surface area contributed by atoms with Crippen LogP contribution in [0.4, 0.5) is 16.0 Å². The smallest absolute Gasteiger partial charge is 0.227 e. The normalized spacial score (nSPS) is 14.5. The highest BCUT2D eigenvalue weighted by Crippen LogP contribution is 2.29. The standard InChI is InChI=1S/C27H26ClFN4O/c1-18-9-10-21(28)16-24(18)30-26(34)20-11-13-32(14-12-20)27-31-23-7-2-3-8-25(23)33(27)17-19-5-4-6-22(29)15-19/h2-10,15-16,20H,11-14,17H2,1H3,(H,30,34). The molecular formula is C27H26ClFN4O. The topological polar surface area (TPSA) is 50.2 Å². The third-order valence-electron chi connectivity index (χ3n) is 6.47. The quantitative estimate of drug-likeness (QED) is 0.382. The number of nitrogens with one attached hydrogen (secondary N) is 1. The van der Waals surface area contributed by atoms with Crippen molar-refractivity contribution in [3.8, 4) is 0 Å². The van der Waals surface area contributed by atoms with Crippen LogP contribution in [-0.2, 0) is 11.3 Å². The predicted molar refractivity (Wildman–Crippen MR) is 135 cm³/mol. The molecule has 3 aromatic carbocycles. The molecule has 0 spiro atoms. The van der Waals surface area contributed by atoms with E-state index in [2.05, 4.69) is 14.8 Å². The van der Waals surface area contributed by atoms with E-state index in [1.54, 1.807) is 18.2 Å². The van der Waals surface area contributed by atoms with Gasteiger partial charge in [-0.3, -0.25) is 4.79 Å². The SMILES string of the molecule is Cc1ccc(Cl)cc1NC(=O)C1CCN(c2nc3ccccc3n2Cc2cccc(F)c2)CC1. The van der Waals surface area contributed by atoms with Crippen LogP contribution >= 0.6 is 11.6 Å². The maximum absolute atomic E-state index is 13.8. The molecule has 0 unspecified atom stereocenters. The molecule has 5 nitrogen and oxygen atoms in total. The Balaban J connectivity index is 1.33. The molecule has 1 amide bonds. The number of imidazole rings is 1. The molecule has 1 saturated heterocycles. The first-order chi connectivity index (χ1) is 16.5. The zero-order chi connectivity index (χ0) is 23.7. The first-order valence-corrected chi connectivity index (χ1v) is 11.9. The van der Waals surface area contributed by atoms with Gasteiger partial charge >= 0.3 is 0 Å². The molecule has 5 rings (SSSR count). The van der Waals surface area contributed by atoms with Gasteiger partial charge in [-0.05, 0) is 67.3 Å². The number of piperidine rings is 1. The van der Waals surface area contributed by atoms with Crippen LogP contribution in [0, 0.1) is 18.7 Å². The van der Waals surface area contributed by atoms with Crippen LogP contribution in [0.3, 0.4) is 0 Å². The van der Waals surface area contributed by atoms with Gasteiger partial charge in [0, 0.05) is 29.7 Å². The number of para-hydroxylation sites is 2. The number of hydrogen-bond donors (Lipinski definition) is 1. The number of halogens is 2. The van der Waals surface area contributed by atoms with Crippen LogP contribution in [-0.4, -0.2) is 28.5 Å². The maximum Gasteiger partial charge on any atom is 0.227 e. The first kappa shape index (κ1) is 22.4. The minimum Gasteiger partial charge on any atom is -0.342 e. The number of hydrogen-bond acceptors (Lipinski definition) is 3. The van der Waals surface area contributed by atoms with Crippen LogP contribution in [0.25, 0.3) is 11.0 Å². The highest BCUT2D eigenvalue weighted by Gasteiger charge is 2.28. The fourth-order valence-corrected chi connectivity index (χ4v) is 4.76. The van der Waals surface area contributed by atoms with E-state index in [-0.39, 0.29) is 17.6 Å². The number of carbonyl (C=O) groups is 1. The summed E-state index contributed by atoms with van der Waals surface area (Å²) in [5.74, 6) is 0.564. The van der Waals surface area contributed by atoms with Gasteiger partial charge in [0.05, 0.1) is 17.6 Å². The van der Waals surface area contributed by atoms with Gasteiger partial charge < -0.3 is 14.8 Å². The Hall–Kier alpha value is -3.38. The molecular weight excluding hydrogens is 451 g/mol. The summed E-state index contributed by atoms with van der Waals surface area (Å²) in [6.07, 6.45) is 1.46. The third kappa shape index (κ3) is 4.64. The number of carbonyl (C=O) groups excluding carboxylic acids is 1. The van der Waals surface area contributed by atoms with E-state index in [1.807, 2.05) is 49.4 Å². The Morgan fingerprint density at radius 2 is 1.88 bits per heavy atom. The predicted octanol–water partition coefficient (Wildman–Crippen LogP) is 6.04. The monoisotopic (exact) mass is 476 g/mol. The van der Waals surface area contributed by atoms with Crippen molar-refractivity contribution in [2.45, 2.75) is 26.3 Å².